The highest BCUT2D eigenvalue weighted by atomic mass is 79.9. The highest BCUT2D eigenvalue weighted by molar-refractivity contribution is 9.11. The van der Waals surface area contributed by atoms with Gasteiger partial charge in [0.15, 0.2) is 5.69 Å². The molecule has 0 spiro atoms. The molecule has 8 heteroatoms. The molecule has 3 aromatic rings. The Balaban J connectivity index is 1.66. The van der Waals surface area contributed by atoms with E-state index < -0.39 is 0 Å². The summed E-state index contributed by atoms with van der Waals surface area (Å²) in [5.41, 5.74) is 4.30. The van der Waals surface area contributed by atoms with Crippen molar-refractivity contribution in [3.63, 3.8) is 0 Å². The minimum Gasteiger partial charge on any atom is -0.276 e. The number of hydrogen-bond acceptors (Lipinski definition) is 5. The third-order valence-electron chi connectivity index (χ3n) is 2.71. The number of amides is 1. The van der Waals surface area contributed by atoms with E-state index in [0.717, 1.165) is 19.9 Å². The zero-order valence-corrected chi connectivity index (χ0v) is 13.6. The Bertz CT molecular complexity index is 812. The molecule has 0 bridgehead atoms. The van der Waals surface area contributed by atoms with Gasteiger partial charge in [-0.3, -0.25) is 14.9 Å². The van der Waals surface area contributed by atoms with E-state index in [-0.39, 0.29) is 11.6 Å². The number of nitrogens with zero attached hydrogens (tertiary/aromatic N) is 3. The first-order chi connectivity index (χ1) is 10.7. The quantitative estimate of drug-likeness (QED) is 0.542. The van der Waals surface area contributed by atoms with Gasteiger partial charge in [0.25, 0.3) is 5.91 Å². The van der Waals surface area contributed by atoms with E-state index in [9.17, 15) is 4.79 Å². The van der Waals surface area contributed by atoms with Crippen molar-refractivity contribution in [3.05, 3.63) is 57.8 Å². The molecule has 0 aromatic carbocycles. The third kappa shape index (κ3) is 3.46. The molecule has 1 amide bonds. The molecule has 0 unspecified atom stereocenters. The highest BCUT2D eigenvalue weighted by Crippen LogP contribution is 2.30. The van der Waals surface area contributed by atoms with Crippen molar-refractivity contribution in [1.82, 2.24) is 20.6 Å². The van der Waals surface area contributed by atoms with E-state index in [2.05, 4.69) is 41.6 Å². The van der Waals surface area contributed by atoms with Crippen LogP contribution in [0.4, 0.5) is 0 Å². The number of hydrazone groups is 1. The summed E-state index contributed by atoms with van der Waals surface area (Å²) in [5, 5.41) is 10.7. The number of hydrogen-bond donors (Lipinski definition) is 2. The van der Waals surface area contributed by atoms with Gasteiger partial charge in [-0.2, -0.15) is 10.2 Å². The number of carbonyl (C=O) groups is 1. The predicted molar refractivity (Wildman–Crippen MR) is 88.9 cm³/mol. The number of H-pyrrole nitrogens is 1. The van der Waals surface area contributed by atoms with Crippen LogP contribution in [0.15, 0.2) is 51.6 Å². The average molecular weight is 376 g/mol. The number of aromatic nitrogens is 3. The molecule has 0 atom stereocenters. The van der Waals surface area contributed by atoms with Gasteiger partial charge in [0.2, 0.25) is 0 Å². The molecule has 0 aliphatic heterocycles. The lowest BCUT2D eigenvalue weighted by molar-refractivity contribution is 0.0950. The van der Waals surface area contributed by atoms with E-state index >= 15 is 0 Å². The predicted octanol–water partition coefficient (Wildman–Crippen LogP) is 3.06. The van der Waals surface area contributed by atoms with Crippen LogP contribution in [0.5, 0.6) is 0 Å². The van der Waals surface area contributed by atoms with E-state index in [1.165, 1.54) is 6.21 Å². The van der Waals surface area contributed by atoms with E-state index in [1.807, 2.05) is 18.2 Å². The molecule has 3 heterocycles. The lowest BCUT2D eigenvalue weighted by Crippen LogP contribution is -2.18. The van der Waals surface area contributed by atoms with E-state index in [4.69, 9.17) is 0 Å². The second kappa shape index (κ2) is 6.63. The SMILES string of the molecule is O=C(N/N=C/c1cccnc1)c1cc(-c2ccc(Br)s2)[nH]n1. The Labute approximate surface area is 138 Å². The second-order valence-corrected chi connectivity index (χ2v) is 6.72. The number of thiophene rings is 1. The smallest absolute Gasteiger partial charge is 0.276 e. The number of nitrogens with one attached hydrogen (secondary N) is 2. The summed E-state index contributed by atoms with van der Waals surface area (Å²) >= 11 is 4.96. The summed E-state index contributed by atoms with van der Waals surface area (Å²) in [6.07, 6.45) is 4.84. The van der Waals surface area contributed by atoms with Gasteiger partial charge >= 0.3 is 0 Å². The largest absolute Gasteiger partial charge is 0.291 e. The lowest BCUT2D eigenvalue weighted by atomic mass is 10.3. The molecule has 0 aliphatic carbocycles. The van der Waals surface area contributed by atoms with Gasteiger partial charge < -0.3 is 0 Å². The maximum atomic E-state index is 12.0. The summed E-state index contributed by atoms with van der Waals surface area (Å²) in [5.74, 6) is -0.377. The molecule has 110 valence electrons. The number of halogens is 1. The average Bonchev–Trinajstić information content (AvgIpc) is 3.17. The fourth-order valence-electron chi connectivity index (χ4n) is 1.70. The molecule has 3 aromatic heterocycles. The molecular formula is C14H10BrN5OS. The van der Waals surface area contributed by atoms with Crippen LogP contribution >= 0.6 is 27.3 Å². The summed E-state index contributed by atoms with van der Waals surface area (Å²) in [6.45, 7) is 0. The van der Waals surface area contributed by atoms with Crippen LogP contribution in [0.1, 0.15) is 16.1 Å². The summed E-state index contributed by atoms with van der Waals surface area (Å²) in [4.78, 5) is 16.9. The Morgan fingerprint density at radius 1 is 1.41 bits per heavy atom. The van der Waals surface area contributed by atoms with E-state index in [0.29, 0.717) is 0 Å². The van der Waals surface area contributed by atoms with Crippen LogP contribution in [0, 0.1) is 0 Å². The van der Waals surface area contributed by atoms with Gasteiger partial charge in [0, 0.05) is 18.0 Å². The first-order valence-corrected chi connectivity index (χ1v) is 7.88. The molecule has 6 nitrogen and oxygen atoms in total. The van der Waals surface area contributed by atoms with Crippen LogP contribution in [-0.2, 0) is 0 Å². The van der Waals surface area contributed by atoms with Crippen molar-refractivity contribution < 1.29 is 4.79 Å². The lowest BCUT2D eigenvalue weighted by Gasteiger charge is -1.94. The first-order valence-electron chi connectivity index (χ1n) is 6.27. The topological polar surface area (TPSA) is 83.0 Å². The van der Waals surface area contributed by atoms with E-state index in [1.54, 1.807) is 35.9 Å². The highest BCUT2D eigenvalue weighted by Gasteiger charge is 2.11. The van der Waals surface area contributed by atoms with Crippen LogP contribution in [0.2, 0.25) is 0 Å². The standard InChI is InChI=1S/C14H10BrN5OS/c15-13-4-3-12(22-13)10-6-11(19-18-10)14(21)20-17-8-9-2-1-5-16-7-9/h1-8H,(H,18,19)(H,20,21)/b17-8+. The second-order valence-electron chi connectivity index (χ2n) is 4.26. The van der Waals surface area contributed by atoms with Crippen LogP contribution < -0.4 is 5.43 Å². The zero-order valence-electron chi connectivity index (χ0n) is 11.2. The first kappa shape index (κ1) is 14.6. The van der Waals surface area contributed by atoms with Crippen LogP contribution in [0.25, 0.3) is 10.6 Å². The molecule has 0 fully saturated rings. The normalized spacial score (nSPS) is 11.0. The van der Waals surface area contributed by atoms with Crippen molar-refractivity contribution in [3.8, 4) is 10.6 Å². The summed E-state index contributed by atoms with van der Waals surface area (Å²) in [7, 11) is 0. The molecule has 0 aliphatic rings. The minimum absolute atomic E-state index is 0.280. The summed E-state index contributed by atoms with van der Waals surface area (Å²) < 4.78 is 1.02. The van der Waals surface area contributed by atoms with Gasteiger partial charge in [-0.25, -0.2) is 5.43 Å². The van der Waals surface area contributed by atoms with Crippen LogP contribution in [0.3, 0.4) is 0 Å². The van der Waals surface area contributed by atoms with Crippen molar-refractivity contribution in [1.29, 1.82) is 0 Å². The van der Waals surface area contributed by atoms with Gasteiger partial charge in [-0.05, 0) is 40.2 Å². The molecule has 2 N–H and O–H groups in total. The minimum atomic E-state index is -0.377. The summed E-state index contributed by atoms with van der Waals surface area (Å²) in [6, 6.07) is 9.21. The zero-order chi connectivity index (χ0) is 15.4. The Hall–Kier alpha value is -2.32. The maximum absolute atomic E-state index is 12.0. The Morgan fingerprint density at radius 2 is 2.32 bits per heavy atom. The molecule has 22 heavy (non-hydrogen) atoms. The Kier molecular flexibility index (Phi) is 4.40. The molecular weight excluding hydrogens is 366 g/mol. The van der Waals surface area contributed by atoms with Crippen molar-refractivity contribution in [2.75, 3.05) is 0 Å². The third-order valence-corrected chi connectivity index (χ3v) is 4.37. The fourth-order valence-corrected chi connectivity index (χ4v) is 3.05. The number of rotatable bonds is 4. The van der Waals surface area contributed by atoms with Crippen molar-refractivity contribution in [2.24, 2.45) is 5.10 Å². The van der Waals surface area contributed by atoms with Crippen molar-refractivity contribution >= 4 is 39.4 Å². The van der Waals surface area contributed by atoms with Gasteiger partial charge in [-0.1, -0.05) is 6.07 Å². The van der Waals surface area contributed by atoms with Gasteiger partial charge in [0.1, 0.15) is 0 Å². The monoisotopic (exact) mass is 375 g/mol. The van der Waals surface area contributed by atoms with Gasteiger partial charge in [-0.15, -0.1) is 11.3 Å². The molecule has 3 rings (SSSR count). The molecule has 0 radical (unpaired) electrons. The van der Waals surface area contributed by atoms with Gasteiger partial charge in [0.05, 0.1) is 20.6 Å². The maximum Gasteiger partial charge on any atom is 0.291 e. The number of carbonyl (C=O) groups excluding carboxylic acids is 1. The molecule has 0 saturated heterocycles. The van der Waals surface area contributed by atoms with Crippen molar-refractivity contribution in [2.45, 2.75) is 0 Å². The Morgan fingerprint density at radius 3 is 3.05 bits per heavy atom. The number of pyridine rings is 1. The molecule has 0 saturated carbocycles. The fraction of sp³-hybridized carbons (Fsp3) is 0. The van der Waals surface area contributed by atoms with Crippen LogP contribution in [-0.4, -0.2) is 27.3 Å². The number of aromatic amines is 1.